The van der Waals surface area contributed by atoms with Crippen molar-refractivity contribution in [2.75, 3.05) is 13.2 Å². The number of halogens is 3. The molecule has 2 aliphatic rings. The fourth-order valence-electron chi connectivity index (χ4n) is 6.30. The summed E-state index contributed by atoms with van der Waals surface area (Å²) in [5.74, 6) is -5.26. The first-order valence-electron chi connectivity index (χ1n) is 17.4. The average molecular weight is 729 g/mol. The molecule has 3 amide bonds. The molecule has 0 bridgehead atoms. The van der Waals surface area contributed by atoms with E-state index in [1.54, 1.807) is 31.2 Å². The number of esters is 1. The molecule has 1 aromatic carbocycles. The van der Waals surface area contributed by atoms with Crippen LogP contribution in [0.4, 0.5) is 13.2 Å². The number of hydrogen-bond acceptors (Lipinski definition) is 8. The van der Waals surface area contributed by atoms with Gasteiger partial charge in [0.15, 0.2) is 0 Å². The molecule has 0 unspecified atom stereocenters. The van der Waals surface area contributed by atoms with Gasteiger partial charge in [0.05, 0.1) is 18.2 Å². The zero-order chi connectivity index (χ0) is 38.2. The van der Waals surface area contributed by atoms with Crippen molar-refractivity contribution in [3.63, 3.8) is 0 Å². The molecule has 286 valence electrons. The molecular formula is C35H51F3N4O9. The molecule has 2 fully saturated rings. The van der Waals surface area contributed by atoms with Crippen molar-refractivity contribution >= 4 is 35.6 Å². The van der Waals surface area contributed by atoms with E-state index in [1.807, 2.05) is 13.0 Å². The van der Waals surface area contributed by atoms with Gasteiger partial charge in [0, 0.05) is 6.54 Å². The maximum absolute atomic E-state index is 13.8. The zero-order valence-corrected chi connectivity index (χ0v) is 29.2. The highest BCUT2D eigenvalue weighted by Crippen LogP contribution is 2.29. The van der Waals surface area contributed by atoms with E-state index in [0.29, 0.717) is 63.5 Å². The SMILES string of the molecule is CCC[C@](C)(NC(=O)[C@@H](N)CCCCOC(=O)c1ccccc1)C(=O)N[C@@H](CC1CCCCC1)C(=O)N1CCC[C@@H]1C(=O)O.O=C(O)C(F)(F)F. The normalized spacial score (nSPS) is 18.6. The minimum Gasteiger partial charge on any atom is -0.480 e. The Kier molecular flexibility index (Phi) is 17.3. The number of unbranched alkanes of at least 4 members (excludes halogenated alkanes) is 1. The number of amides is 3. The minimum atomic E-state index is -5.08. The Bertz CT molecular complexity index is 1330. The van der Waals surface area contributed by atoms with Gasteiger partial charge in [-0.25, -0.2) is 14.4 Å². The number of carboxylic acids is 2. The number of aliphatic carboxylic acids is 2. The van der Waals surface area contributed by atoms with Crippen LogP contribution in [0.2, 0.25) is 0 Å². The van der Waals surface area contributed by atoms with Crippen LogP contribution in [-0.2, 0) is 28.7 Å². The van der Waals surface area contributed by atoms with Crippen molar-refractivity contribution in [2.45, 2.75) is 127 Å². The number of hydrogen-bond donors (Lipinski definition) is 5. The monoisotopic (exact) mass is 728 g/mol. The Labute approximate surface area is 295 Å². The zero-order valence-electron chi connectivity index (χ0n) is 29.2. The van der Waals surface area contributed by atoms with Crippen molar-refractivity contribution in [3.8, 4) is 0 Å². The van der Waals surface area contributed by atoms with Gasteiger partial charge >= 0.3 is 24.1 Å². The van der Waals surface area contributed by atoms with Crippen LogP contribution in [0.1, 0.15) is 108 Å². The predicted molar refractivity (Wildman–Crippen MR) is 179 cm³/mol. The van der Waals surface area contributed by atoms with E-state index in [4.69, 9.17) is 20.4 Å². The number of likely N-dealkylation sites (tertiary alicyclic amines) is 1. The summed E-state index contributed by atoms with van der Waals surface area (Å²) in [5, 5.41) is 22.6. The Morgan fingerprint density at radius 1 is 0.980 bits per heavy atom. The molecule has 51 heavy (non-hydrogen) atoms. The number of alkyl halides is 3. The standard InChI is InChI=1S/C33H50N4O7.C2HF3O2/c1-3-19-33(2,36-28(38)25(34)17-10-11-21-44-31(42)24-15-8-5-9-16-24)32(43)35-26(22-23-13-6-4-7-14-23)29(39)37-20-12-18-27(37)30(40)41;3-2(4,5)1(6)7/h5,8-9,15-16,23,25-27H,3-4,6-7,10-14,17-22,34H2,1-2H3,(H,35,43)(H,36,38)(H,40,41);(H,6,7)/t25-,26-,27+,33-;/m0./s1. The summed E-state index contributed by atoms with van der Waals surface area (Å²) in [6, 6.07) is 6.07. The minimum absolute atomic E-state index is 0.203. The summed E-state index contributed by atoms with van der Waals surface area (Å²) in [5.41, 5.74) is 5.35. The van der Waals surface area contributed by atoms with Crippen LogP contribution in [0.25, 0.3) is 0 Å². The topological polar surface area (TPSA) is 205 Å². The van der Waals surface area contributed by atoms with E-state index in [1.165, 1.54) is 4.90 Å². The maximum Gasteiger partial charge on any atom is 0.490 e. The number of carbonyl (C=O) groups excluding carboxylic acids is 4. The van der Waals surface area contributed by atoms with Crippen LogP contribution in [0.15, 0.2) is 30.3 Å². The van der Waals surface area contributed by atoms with E-state index in [9.17, 15) is 42.3 Å². The Hall–Kier alpha value is -4.21. The second-order valence-corrected chi connectivity index (χ2v) is 13.3. The molecule has 16 heteroatoms. The second kappa shape index (κ2) is 20.6. The van der Waals surface area contributed by atoms with Gasteiger partial charge < -0.3 is 36.2 Å². The van der Waals surface area contributed by atoms with Crippen LogP contribution < -0.4 is 16.4 Å². The Morgan fingerprint density at radius 2 is 1.61 bits per heavy atom. The molecule has 0 spiro atoms. The Balaban J connectivity index is 0.00000116. The summed E-state index contributed by atoms with van der Waals surface area (Å²) in [6.07, 6.45) is 3.91. The highest BCUT2D eigenvalue weighted by atomic mass is 19.4. The van der Waals surface area contributed by atoms with E-state index >= 15 is 0 Å². The lowest BCUT2D eigenvalue weighted by Gasteiger charge is -2.35. The first-order valence-corrected chi connectivity index (χ1v) is 17.4. The lowest BCUT2D eigenvalue weighted by atomic mass is 9.84. The van der Waals surface area contributed by atoms with Crippen molar-refractivity contribution in [3.05, 3.63) is 35.9 Å². The number of carbonyl (C=O) groups is 6. The molecule has 1 aliphatic heterocycles. The van der Waals surface area contributed by atoms with Crippen LogP contribution in [0.5, 0.6) is 0 Å². The predicted octanol–water partition coefficient (Wildman–Crippen LogP) is 4.18. The Morgan fingerprint density at radius 3 is 2.18 bits per heavy atom. The second-order valence-electron chi connectivity index (χ2n) is 13.3. The van der Waals surface area contributed by atoms with E-state index in [-0.39, 0.29) is 18.4 Å². The van der Waals surface area contributed by atoms with Crippen LogP contribution in [0.3, 0.4) is 0 Å². The lowest BCUT2D eigenvalue weighted by molar-refractivity contribution is -0.192. The molecule has 1 saturated heterocycles. The first-order chi connectivity index (χ1) is 24.0. The van der Waals surface area contributed by atoms with Gasteiger partial charge in [0.2, 0.25) is 17.7 Å². The third kappa shape index (κ3) is 14.1. The molecule has 1 aromatic rings. The number of ether oxygens (including phenoxy) is 1. The molecule has 1 saturated carbocycles. The summed E-state index contributed by atoms with van der Waals surface area (Å²) in [7, 11) is 0. The van der Waals surface area contributed by atoms with Crippen molar-refractivity contribution < 1.29 is 56.9 Å². The van der Waals surface area contributed by atoms with Crippen molar-refractivity contribution in [1.82, 2.24) is 15.5 Å². The van der Waals surface area contributed by atoms with Gasteiger partial charge in [-0.05, 0) is 69.9 Å². The average Bonchev–Trinajstić information content (AvgIpc) is 3.59. The van der Waals surface area contributed by atoms with Crippen LogP contribution >= 0.6 is 0 Å². The molecule has 6 N–H and O–H groups in total. The molecule has 0 radical (unpaired) electrons. The quantitative estimate of drug-likeness (QED) is 0.121. The van der Waals surface area contributed by atoms with Crippen LogP contribution in [-0.4, -0.2) is 93.7 Å². The lowest BCUT2D eigenvalue weighted by Crippen LogP contribution is -2.63. The highest BCUT2D eigenvalue weighted by molar-refractivity contribution is 5.96. The molecule has 1 aliphatic carbocycles. The summed E-state index contributed by atoms with van der Waals surface area (Å²) >= 11 is 0. The van der Waals surface area contributed by atoms with Crippen molar-refractivity contribution in [2.24, 2.45) is 11.7 Å². The van der Waals surface area contributed by atoms with Gasteiger partial charge in [0.25, 0.3) is 0 Å². The number of rotatable bonds is 16. The highest BCUT2D eigenvalue weighted by Gasteiger charge is 2.42. The van der Waals surface area contributed by atoms with Crippen molar-refractivity contribution in [1.29, 1.82) is 0 Å². The first kappa shape index (κ1) is 43.0. The van der Waals surface area contributed by atoms with E-state index in [0.717, 1.165) is 32.1 Å². The molecule has 4 atom stereocenters. The van der Waals surface area contributed by atoms with Gasteiger partial charge in [0.1, 0.15) is 17.6 Å². The van der Waals surface area contributed by atoms with E-state index < -0.39 is 59.6 Å². The molecule has 1 heterocycles. The molecular weight excluding hydrogens is 677 g/mol. The smallest absolute Gasteiger partial charge is 0.480 e. The summed E-state index contributed by atoms with van der Waals surface area (Å²) < 4.78 is 37.0. The molecule has 0 aromatic heterocycles. The van der Waals surface area contributed by atoms with Gasteiger partial charge in [-0.1, -0.05) is 63.6 Å². The third-order valence-electron chi connectivity index (χ3n) is 9.10. The van der Waals surface area contributed by atoms with Crippen LogP contribution in [0, 0.1) is 5.92 Å². The van der Waals surface area contributed by atoms with E-state index in [2.05, 4.69) is 10.6 Å². The third-order valence-corrected chi connectivity index (χ3v) is 9.10. The van der Waals surface area contributed by atoms with Gasteiger partial charge in [-0.3, -0.25) is 14.4 Å². The number of nitrogens with one attached hydrogen (secondary N) is 2. The van der Waals surface area contributed by atoms with Gasteiger partial charge in [-0.2, -0.15) is 13.2 Å². The maximum atomic E-state index is 13.8. The van der Waals surface area contributed by atoms with Gasteiger partial charge in [-0.15, -0.1) is 0 Å². The summed E-state index contributed by atoms with van der Waals surface area (Å²) in [6.45, 7) is 4.09. The number of benzene rings is 1. The number of nitrogens with two attached hydrogens (primary N) is 1. The fraction of sp³-hybridized carbons (Fsp3) is 0.657. The largest absolute Gasteiger partial charge is 0.490 e. The molecule has 3 rings (SSSR count). The summed E-state index contributed by atoms with van der Waals surface area (Å²) in [4.78, 5) is 74.8. The number of carboxylic acid groups (broad SMARTS) is 2. The molecule has 13 nitrogen and oxygen atoms in total. The fourth-order valence-corrected chi connectivity index (χ4v) is 6.30. The number of nitrogens with zero attached hydrogens (tertiary/aromatic N) is 1.